The lowest BCUT2D eigenvalue weighted by atomic mass is 9.93. The van der Waals surface area contributed by atoms with E-state index in [1.54, 1.807) is 30.6 Å². The van der Waals surface area contributed by atoms with Crippen LogP contribution in [0.5, 0.6) is 0 Å². The molecule has 10 heteroatoms. The van der Waals surface area contributed by atoms with Gasteiger partial charge in [-0.15, -0.1) is 0 Å². The lowest BCUT2D eigenvalue weighted by Crippen LogP contribution is -2.39. The normalized spacial score (nSPS) is 14.0. The largest absolute Gasteiger partial charge is 0.379 e. The van der Waals surface area contributed by atoms with Gasteiger partial charge in [-0.3, -0.25) is 10.2 Å². The summed E-state index contributed by atoms with van der Waals surface area (Å²) in [6.45, 7) is 11.2. The second-order valence-corrected chi connectivity index (χ2v) is 9.41. The van der Waals surface area contributed by atoms with Gasteiger partial charge in [0.2, 0.25) is 5.95 Å². The topological polar surface area (TPSA) is 117 Å². The number of aromatic nitrogens is 3. The summed E-state index contributed by atoms with van der Waals surface area (Å²) >= 11 is 0. The molecule has 3 aromatic rings. The number of nitrogens with one attached hydrogen (secondary N) is 3. The van der Waals surface area contributed by atoms with Crippen LogP contribution in [0.4, 0.5) is 22.2 Å². The minimum atomic E-state index is -0.418. The first-order chi connectivity index (χ1) is 17.3. The van der Waals surface area contributed by atoms with Gasteiger partial charge in [-0.05, 0) is 18.2 Å². The van der Waals surface area contributed by atoms with Crippen molar-refractivity contribution in [1.29, 1.82) is 0 Å². The molecule has 0 radical (unpaired) electrons. The van der Waals surface area contributed by atoms with E-state index in [1.165, 1.54) is 0 Å². The van der Waals surface area contributed by atoms with Crippen LogP contribution in [-0.4, -0.2) is 65.4 Å². The van der Waals surface area contributed by atoms with Gasteiger partial charge in [0.15, 0.2) is 5.82 Å². The van der Waals surface area contributed by atoms with Gasteiger partial charge in [-0.2, -0.15) is 0 Å². The molecule has 0 aliphatic carbocycles. The zero-order valence-corrected chi connectivity index (χ0v) is 20.8. The monoisotopic (exact) mass is 489 g/mol. The minimum absolute atomic E-state index is 0.193. The molecule has 1 fully saturated rings. The van der Waals surface area contributed by atoms with Crippen LogP contribution in [0.3, 0.4) is 0 Å². The maximum absolute atomic E-state index is 12.4. The van der Waals surface area contributed by atoms with Crippen molar-refractivity contribution >= 4 is 23.5 Å². The second kappa shape index (κ2) is 11.7. The van der Waals surface area contributed by atoms with E-state index in [-0.39, 0.29) is 5.41 Å². The van der Waals surface area contributed by atoms with Gasteiger partial charge in [0, 0.05) is 61.3 Å². The van der Waals surface area contributed by atoms with E-state index in [4.69, 9.17) is 9.26 Å². The molecule has 0 atom stereocenters. The zero-order chi connectivity index (χ0) is 25.4. The van der Waals surface area contributed by atoms with E-state index in [0.29, 0.717) is 28.8 Å². The van der Waals surface area contributed by atoms with Gasteiger partial charge in [-0.1, -0.05) is 43.8 Å². The zero-order valence-electron chi connectivity index (χ0n) is 20.8. The highest BCUT2D eigenvalue weighted by Crippen LogP contribution is 2.24. The van der Waals surface area contributed by atoms with E-state index in [1.807, 2.05) is 32.9 Å². The van der Waals surface area contributed by atoms with Gasteiger partial charge in [0.05, 0.1) is 18.8 Å². The SMILES string of the molecule is CC(C)(C)c1cc(NC(=O)Nc2cccc(C#Cc3cnc(NCCN4CCOCC4)nc3)c2)no1. The molecular formula is C26H31N7O3. The Bertz CT molecular complexity index is 1220. The van der Waals surface area contributed by atoms with Gasteiger partial charge in [0.1, 0.15) is 5.76 Å². The maximum atomic E-state index is 12.4. The number of hydrogen-bond donors (Lipinski definition) is 3. The molecule has 10 nitrogen and oxygen atoms in total. The fraction of sp³-hybridized carbons (Fsp3) is 0.385. The number of morpholine rings is 1. The van der Waals surface area contributed by atoms with Crippen LogP contribution in [0.1, 0.15) is 37.7 Å². The highest BCUT2D eigenvalue weighted by molar-refractivity contribution is 5.99. The van der Waals surface area contributed by atoms with Crippen molar-refractivity contribution in [2.45, 2.75) is 26.2 Å². The highest BCUT2D eigenvalue weighted by Gasteiger charge is 2.20. The number of urea groups is 1. The quantitative estimate of drug-likeness (QED) is 0.450. The van der Waals surface area contributed by atoms with Crippen molar-refractivity contribution in [1.82, 2.24) is 20.0 Å². The summed E-state index contributed by atoms with van der Waals surface area (Å²) < 4.78 is 10.7. The van der Waals surface area contributed by atoms with Crippen molar-refractivity contribution in [3.8, 4) is 11.8 Å². The third kappa shape index (κ3) is 7.53. The molecule has 1 aliphatic heterocycles. The highest BCUT2D eigenvalue weighted by atomic mass is 16.5. The number of benzene rings is 1. The molecular weight excluding hydrogens is 458 g/mol. The van der Waals surface area contributed by atoms with Crippen LogP contribution in [0.2, 0.25) is 0 Å². The lowest BCUT2D eigenvalue weighted by molar-refractivity contribution is 0.0398. The van der Waals surface area contributed by atoms with Gasteiger partial charge in [0.25, 0.3) is 0 Å². The van der Waals surface area contributed by atoms with Crippen LogP contribution in [0.15, 0.2) is 47.2 Å². The Morgan fingerprint density at radius 2 is 1.81 bits per heavy atom. The fourth-order valence-corrected chi connectivity index (χ4v) is 3.42. The fourth-order valence-electron chi connectivity index (χ4n) is 3.42. The molecule has 2 aromatic heterocycles. The van der Waals surface area contributed by atoms with Gasteiger partial charge < -0.3 is 19.9 Å². The lowest BCUT2D eigenvalue weighted by Gasteiger charge is -2.26. The third-order valence-electron chi connectivity index (χ3n) is 5.43. The second-order valence-electron chi connectivity index (χ2n) is 9.41. The molecule has 36 heavy (non-hydrogen) atoms. The van der Waals surface area contributed by atoms with Crippen molar-refractivity contribution in [3.05, 3.63) is 59.6 Å². The summed E-state index contributed by atoms with van der Waals surface area (Å²) in [6.07, 6.45) is 3.38. The molecule has 1 aromatic carbocycles. The van der Waals surface area contributed by atoms with Crippen LogP contribution in [0, 0.1) is 11.8 Å². The van der Waals surface area contributed by atoms with E-state index in [9.17, 15) is 4.79 Å². The number of hydrogen-bond acceptors (Lipinski definition) is 8. The number of carbonyl (C=O) groups is 1. The molecule has 0 unspecified atom stereocenters. The Morgan fingerprint density at radius 3 is 2.53 bits per heavy atom. The first-order valence-electron chi connectivity index (χ1n) is 11.9. The molecule has 2 amide bonds. The molecule has 3 heterocycles. The van der Waals surface area contributed by atoms with Crippen molar-refractivity contribution < 1.29 is 14.1 Å². The van der Waals surface area contributed by atoms with Crippen LogP contribution in [0.25, 0.3) is 0 Å². The smallest absolute Gasteiger partial charge is 0.324 e. The number of carbonyl (C=O) groups excluding carboxylic acids is 1. The van der Waals surface area contributed by atoms with Crippen molar-refractivity contribution in [3.63, 3.8) is 0 Å². The summed E-state index contributed by atoms with van der Waals surface area (Å²) in [7, 11) is 0. The van der Waals surface area contributed by atoms with Crippen molar-refractivity contribution in [2.75, 3.05) is 55.3 Å². The molecule has 0 bridgehead atoms. The van der Waals surface area contributed by atoms with E-state index < -0.39 is 6.03 Å². The van der Waals surface area contributed by atoms with Crippen LogP contribution in [-0.2, 0) is 10.2 Å². The minimum Gasteiger partial charge on any atom is -0.379 e. The van der Waals surface area contributed by atoms with Gasteiger partial charge >= 0.3 is 6.03 Å². The molecule has 0 spiro atoms. The number of anilines is 3. The first kappa shape index (κ1) is 25.2. The standard InChI is InChI=1S/C26H31N7O3/c1-26(2,3)22-16-23(32-36-22)31-25(34)30-21-6-4-5-19(15-21)7-8-20-17-28-24(29-18-20)27-9-10-33-11-13-35-14-12-33/h4-6,15-18H,9-14H2,1-3H3,(H,27,28,29)(H2,30,31,32,34). The third-order valence-corrected chi connectivity index (χ3v) is 5.43. The number of rotatable bonds is 6. The molecule has 3 N–H and O–H groups in total. The Labute approximate surface area is 210 Å². The predicted octanol–water partition coefficient (Wildman–Crippen LogP) is 3.55. The van der Waals surface area contributed by atoms with Gasteiger partial charge in [-0.25, -0.2) is 14.8 Å². The predicted molar refractivity (Wildman–Crippen MR) is 138 cm³/mol. The van der Waals surface area contributed by atoms with E-state index in [2.05, 4.69) is 47.8 Å². The molecule has 188 valence electrons. The van der Waals surface area contributed by atoms with E-state index >= 15 is 0 Å². The molecule has 4 rings (SSSR count). The Balaban J connectivity index is 1.28. The first-order valence-corrected chi connectivity index (χ1v) is 11.9. The van der Waals surface area contributed by atoms with Crippen molar-refractivity contribution in [2.24, 2.45) is 0 Å². The molecule has 0 saturated carbocycles. The Hall–Kier alpha value is -3.94. The van der Waals surface area contributed by atoms with Crippen LogP contribution < -0.4 is 16.0 Å². The van der Waals surface area contributed by atoms with E-state index in [0.717, 1.165) is 45.0 Å². The Morgan fingerprint density at radius 1 is 1.06 bits per heavy atom. The molecule has 1 aliphatic rings. The molecule has 1 saturated heterocycles. The summed E-state index contributed by atoms with van der Waals surface area (Å²) in [5.41, 5.74) is 1.86. The summed E-state index contributed by atoms with van der Waals surface area (Å²) in [4.78, 5) is 23.4. The summed E-state index contributed by atoms with van der Waals surface area (Å²) in [5.74, 6) is 7.76. The average molecular weight is 490 g/mol. The average Bonchev–Trinajstić information content (AvgIpc) is 3.33. The van der Waals surface area contributed by atoms with Crippen LogP contribution >= 0.6 is 0 Å². The Kier molecular flexibility index (Phi) is 8.15. The number of amides is 2. The number of nitrogens with zero attached hydrogens (tertiary/aromatic N) is 4. The maximum Gasteiger partial charge on any atom is 0.324 e. The summed E-state index contributed by atoms with van der Waals surface area (Å²) in [6, 6.07) is 8.57. The number of ether oxygens (including phenoxy) is 1. The summed E-state index contributed by atoms with van der Waals surface area (Å²) in [5, 5.41) is 12.6.